The average Bonchev–Trinajstić information content (AvgIpc) is 3.31. The number of phenols is 1. The first-order valence-corrected chi connectivity index (χ1v) is 11.7. The molecule has 8 heteroatoms. The third-order valence-corrected chi connectivity index (χ3v) is 7.08. The Morgan fingerprint density at radius 2 is 1.85 bits per heavy atom. The zero-order valence-electron chi connectivity index (χ0n) is 20.0. The van der Waals surface area contributed by atoms with Crippen molar-refractivity contribution in [3.8, 4) is 11.5 Å². The first-order valence-electron chi connectivity index (χ1n) is 11.7. The number of carbonyl (C=O) groups is 3. The highest BCUT2D eigenvalue weighted by molar-refractivity contribution is 6.12. The van der Waals surface area contributed by atoms with Crippen molar-refractivity contribution >= 4 is 17.7 Å². The van der Waals surface area contributed by atoms with Gasteiger partial charge in [0.05, 0.1) is 19.8 Å². The summed E-state index contributed by atoms with van der Waals surface area (Å²) in [4.78, 5) is 39.7. The number of carbonyl (C=O) groups excluding carboxylic acids is 3. The van der Waals surface area contributed by atoms with E-state index in [2.05, 4.69) is 5.32 Å². The fourth-order valence-electron chi connectivity index (χ4n) is 5.38. The fraction of sp³-hybridized carbons (Fsp3) is 0.500. The number of rotatable bonds is 5. The quantitative estimate of drug-likeness (QED) is 0.498. The molecule has 182 valence electrons. The molecule has 0 amide bonds. The molecule has 0 saturated heterocycles. The minimum Gasteiger partial charge on any atom is -0.504 e. The van der Waals surface area contributed by atoms with E-state index in [0.717, 1.165) is 25.7 Å². The SMILES string of the molecule is COC(=O)[C@H]1C(=O)C2=C(C[C@@H]1C)NC(C)=C(C(=O)OC1CCCC1)[C@H]2c1ccc(O)c(OC)c1. The highest BCUT2D eigenvalue weighted by atomic mass is 16.5. The van der Waals surface area contributed by atoms with Gasteiger partial charge in [0.1, 0.15) is 12.0 Å². The van der Waals surface area contributed by atoms with Crippen LogP contribution in [0.25, 0.3) is 0 Å². The van der Waals surface area contributed by atoms with Crippen LogP contribution >= 0.6 is 0 Å². The number of hydrogen-bond acceptors (Lipinski definition) is 8. The van der Waals surface area contributed by atoms with E-state index >= 15 is 0 Å². The number of dihydropyridines is 1. The van der Waals surface area contributed by atoms with Crippen LogP contribution in [0, 0.1) is 11.8 Å². The van der Waals surface area contributed by atoms with Crippen LogP contribution in [0.2, 0.25) is 0 Å². The Kier molecular flexibility index (Phi) is 6.68. The molecule has 4 rings (SSSR count). The second-order valence-electron chi connectivity index (χ2n) is 9.28. The lowest BCUT2D eigenvalue weighted by molar-refractivity contribution is -0.151. The maximum atomic E-state index is 13.7. The number of ketones is 1. The predicted molar refractivity (Wildman–Crippen MR) is 123 cm³/mol. The summed E-state index contributed by atoms with van der Waals surface area (Å²) in [5.74, 6) is -3.27. The Hall–Kier alpha value is -3.29. The smallest absolute Gasteiger partial charge is 0.337 e. The number of nitrogens with one attached hydrogen (secondary N) is 1. The zero-order chi connectivity index (χ0) is 24.6. The van der Waals surface area contributed by atoms with Gasteiger partial charge < -0.3 is 24.6 Å². The Labute approximate surface area is 199 Å². The molecule has 3 atom stereocenters. The van der Waals surface area contributed by atoms with Crippen LogP contribution in [0.4, 0.5) is 0 Å². The van der Waals surface area contributed by atoms with E-state index in [1.807, 2.05) is 6.92 Å². The highest BCUT2D eigenvalue weighted by Crippen LogP contribution is 2.47. The van der Waals surface area contributed by atoms with E-state index in [1.165, 1.54) is 20.3 Å². The molecule has 1 aromatic carbocycles. The monoisotopic (exact) mass is 469 g/mol. The second-order valence-corrected chi connectivity index (χ2v) is 9.28. The van der Waals surface area contributed by atoms with Gasteiger partial charge in [0.2, 0.25) is 0 Å². The largest absolute Gasteiger partial charge is 0.504 e. The van der Waals surface area contributed by atoms with Gasteiger partial charge >= 0.3 is 11.9 Å². The summed E-state index contributed by atoms with van der Waals surface area (Å²) in [5, 5.41) is 13.4. The Bertz CT molecular complexity index is 1080. The van der Waals surface area contributed by atoms with Crippen LogP contribution in [0.5, 0.6) is 11.5 Å². The number of esters is 2. The van der Waals surface area contributed by atoms with Gasteiger partial charge in [-0.3, -0.25) is 9.59 Å². The molecule has 34 heavy (non-hydrogen) atoms. The lowest BCUT2D eigenvalue weighted by Crippen LogP contribution is -2.43. The molecule has 8 nitrogen and oxygen atoms in total. The first kappa shape index (κ1) is 23.9. The van der Waals surface area contributed by atoms with Crippen molar-refractivity contribution in [1.82, 2.24) is 5.32 Å². The van der Waals surface area contributed by atoms with Gasteiger partial charge in [-0.05, 0) is 62.6 Å². The predicted octanol–water partition coefficient (Wildman–Crippen LogP) is 3.50. The minimum atomic E-state index is -0.961. The van der Waals surface area contributed by atoms with E-state index < -0.39 is 23.8 Å². The van der Waals surface area contributed by atoms with Gasteiger partial charge in [-0.25, -0.2) is 4.79 Å². The standard InChI is InChI=1S/C26H31NO7/c1-13-11-17-23(24(29)20(13)25(30)33-4)22(15-9-10-18(28)19(12-15)32-3)21(14(2)27-17)26(31)34-16-7-5-6-8-16/h9-10,12-13,16,20,22,27-28H,5-8,11H2,1-4H3/t13-,20+,22+/m0/s1. The van der Waals surface area contributed by atoms with Crippen molar-refractivity contribution in [2.75, 3.05) is 14.2 Å². The summed E-state index contributed by atoms with van der Waals surface area (Å²) in [7, 11) is 2.70. The number of Topliss-reactive ketones (excluding diaryl/α,β-unsaturated/α-hetero) is 1. The number of aromatic hydroxyl groups is 1. The molecule has 0 aromatic heterocycles. The number of allylic oxidation sites excluding steroid dienone is 3. The van der Waals surface area contributed by atoms with Gasteiger partial charge in [0.25, 0.3) is 0 Å². The Morgan fingerprint density at radius 3 is 2.50 bits per heavy atom. The molecule has 0 unspecified atom stereocenters. The molecular formula is C26H31NO7. The number of benzene rings is 1. The fourth-order valence-corrected chi connectivity index (χ4v) is 5.38. The van der Waals surface area contributed by atoms with Crippen LogP contribution in [-0.2, 0) is 23.9 Å². The molecule has 1 heterocycles. The third kappa shape index (κ3) is 4.17. The molecule has 0 bridgehead atoms. The van der Waals surface area contributed by atoms with Gasteiger partial charge in [-0.1, -0.05) is 13.0 Å². The van der Waals surface area contributed by atoms with Gasteiger partial charge in [-0.15, -0.1) is 0 Å². The number of phenolic OH excluding ortho intramolecular Hbond substituents is 1. The molecule has 1 aliphatic heterocycles. The van der Waals surface area contributed by atoms with Crippen molar-refractivity contribution < 1.29 is 33.7 Å². The average molecular weight is 470 g/mol. The number of methoxy groups -OCH3 is 2. The van der Waals surface area contributed by atoms with E-state index in [-0.39, 0.29) is 29.3 Å². The van der Waals surface area contributed by atoms with Crippen LogP contribution in [-0.4, -0.2) is 43.2 Å². The first-order chi connectivity index (χ1) is 16.3. The van der Waals surface area contributed by atoms with Crippen molar-refractivity contribution in [2.24, 2.45) is 11.8 Å². The second kappa shape index (κ2) is 9.52. The zero-order valence-corrected chi connectivity index (χ0v) is 20.0. The Morgan fingerprint density at radius 1 is 1.15 bits per heavy atom. The summed E-state index contributed by atoms with van der Waals surface area (Å²) in [6.07, 6.45) is 3.96. The molecule has 1 aromatic rings. The molecule has 0 radical (unpaired) electrons. The third-order valence-electron chi connectivity index (χ3n) is 7.08. The van der Waals surface area contributed by atoms with E-state index in [9.17, 15) is 19.5 Å². The lowest BCUT2D eigenvalue weighted by atomic mass is 9.69. The molecule has 2 N–H and O–H groups in total. The topological polar surface area (TPSA) is 111 Å². The van der Waals surface area contributed by atoms with Crippen LogP contribution in [0.15, 0.2) is 40.7 Å². The summed E-state index contributed by atoms with van der Waals surface area (Å²) in [5.41, 5.74) is 2.56. The molecular weight excluding hydrogens is 438 g/mol. The molecule has 1 saturated carbocycles. The van der Waals surface area contributed by atoms with Gasteiger partial charge in [0.15, 0.2) is 17.3 Å². The number of hydrogen-bond donors (Lipinski definition) is 2. The van der Waals surface area contributed by atoms with Crippen molar-refractivity contribution in [3.63, 3.8) is 0 Å². The maximum absolute atomic E-state index is 13.7. The summed E-state index contributed by atoms with van der Waals surface area (Å²) < 4.78 is 16.1. The molecule has 2 aliphatic carbocycles. The molecule has 1 fully saturated rings. The highest BCUT2D eigenvalue weighted by Gasteiger charge is 2.47. The summed E-state index contributed by atoms with van der Waals surface area (Å²) in [6, 6.07) is 4.75. The van der Waals surface area contributed by atoms with E-state index in [4.69, 9.17) is 14.2 Å². The van der Waals surface area contributed by atoms with Gasteiger partial charge in [0, 0.05) is 22.9 Å². The van der Waals surface area contributed by atoms with Gasteiger partial charge in [-0.2, -0.15) is 0 Å². The minimum absolute atomic E-state index is 0.0544. The normalized spacial score (nSPS) is 25.1. The summed E-state index contributed by atoms with van der Waals surface area (Å²) >= 11 is 0. The van der Waals surface area contributed by atoms with Crippen LogP contribution < -0.4 is 10.1 Å². The molecule has 3 aliphatic rings. The Balaban J connectivity index is 1.84. The summed E-state index contributed by atoms with van der Waals surface area (Å²) in [6.45, 7) is 3.63. The molecule has 0 spiro atoms. The van der Waals surface area contributed by atoms with Crippen molar-refractivity contribution in [1.29, 1.82) is 0 Å². The lowest BCUT2D eigenvalue weighted by Gasteiger charge is -2.38. The van der Waals surface area contributed by atoms with E-state index in [0.29, 0.717) is 34.5 Å². The van der Waals surface area contributed by atoms with Crippen LogP contribution in [0.1, 0.15) is 57.4 Å². The van der Waals surface area contributed by atoms with Crippen molar-refractivity contribution in [2.45, 2.75) is 58.0 Å². The van der Waals surface area contributed by atoms with Crippen molar-refractivity contribution in [3.05, 3.63) is 46.3 Å². The number of ether oxygens (including phenoxy) is 3. The van der Waals surface area contributed by atoms with E-state index in [1.54, 1.807) is 19.1 Å². The maximum Gasteiger partial charge on any atom is 0.337 e. The van der Waals surface area contributed by atoms with Crippen LogP contribution in [0.3, 0.4) is 0 Å².